The van der Waals surface area contributed by atoms with Crippen LogP contribution >= 0.6 is 15.9 Å². The van der Waals surface area contributed by atoms with E-state index in [-0.39, 0.29) is 0 Å². The van der Waals surface area contributed by atoms with E-state index < -0.39 is 5.97 Å². The highest BCUT2D eigenvalue weighted by Crippen LogP contribution is 2.41. The van der Waals surface area contributed by atoms with Crippen molar-refractivity contribution in [2.45, 2.75) is 19.8 Å². The van der Waals surface area contributed by atoms with Gasteiger partial charge in [-0.15, -0.1) is 0 Å². The van der Waals surface area contributed by atoms with Gasteiger partial charge in [0.1, 0.15) is 5.75 Å². The fraction of sp³-hybridized carbons (Fsp3) is 0.250. The van der Waals surface area contributed by atoms with Gasteiger partial charge in [0, 0.05) is 17.3 Å². The summed E-state index contributed by atoms with van der Waals surface area (Å²) in [6.07, 6.45) is 4.95. The first-order valence-electron chi connectivity index (χ1n) is 8.70. The summed E-state index contributed by atoms with van der Waals surface area (Å²) in [6, 6.07) is 7.83. The molecule has 0 amide bonds. The lowest BCUT2D eigenvalue weighted by molar-refractivity contribution is 0.0517. The van der Waals surface area contributed by atoms with Crippen LogP contribution < -0.4 is 4.74 Å². The summed E-state index contributed by atoms with van der Waals surface area (Å²) in [7, 11) is 1.65. The van der Waals surface area contributed by atoms with Crippen molar-refractivity contribution in [3.63, 3.8) is 0 Å². The molecule has 138 valence electrons. The number of carbonyl (C=O) groups excluding carboxylic acids is 1. The number of halogens is 1. The van der Waals surface area contributed by atoms with Crippen LogP contribution in [0.15, 0.2) is 41.1 Å². The molecular weight excluding hydrogens is 410 g/mol. The minimum atomic E-state index is -0.396. The molecule has 0 saturated carbocycles. The normalized spacial score (nSPS) is 12.3. The van der Waals surface area contributed by atoms with Crippen LogP contribution in [0.1, 0.15) is 28.5 Å². The molecule has 2 aromatic heterocycles. The summed E-state index contributed by atoms with van der Waals surface area (Å²) in [5.41, 5.74) is 5.15. The van der Waals surface area contributed by atoms with Crippen LogP contribution in [-0.2, 0) is 17.6 Å². The van der Waals surface area contributed by atoms with Gasteiger partial charge in [0.05, 0.1) is 35.8 Å². The zero-order valence-corrected chi connectivity index (χ0v) is 16.6. The molecule has 7 heteroatoms. The van der Waals surface area contributed by atoms with Crippen molar-refractivity contribution in [2.24, 2.45) is 0 Å². The molecule has 0 N–H and O–H groups in total. The van der Waals surface area contributed by atoms with Gasteiger partial charge in [0.2, 0.25) is 0 Å². The van der Waals surface area contributed by atoms with Gasteiger partial charge >= 0.3 is 5.97 Å². The molecule has 0 radical (unpaired) electrons. The highest BCUT2D eigenvalue weighted by Gasteiger charge is 2.30. The van der Waals surface area contributed by atoms with E-state index in [1.54, 1.807) is 31.1 Å². The Morgan fingerprint density at radius 2 is 2.19 bits per heavy atom. The van der Waals surface area contributed by atoms with Crippen molar-refractivity contribution in [1.82, 2.24) is 14.8 Å². The van der Waals surface area contributed by atoms with Gasteiger partial charge in [-0.1, -0.05) is 0 Å². The molecule has 2 heterocycles. The Bertz CT molecular complexity index is 1020. The monoisotopic (exact) mass is 427 g/mol. The Balaban J connectivity index is 1.97. The molecule has 1 aliphatic carbocycles. The van der Waals surface area contributed by atoms with Crippen LogP contribution in [0.3, 0.4) is 0 Å². The van der Waals surface area contributed by atoms with E-state index in [4.69, 9.17) is 9.47 Å². The lowest BCUT2D eigenvalue weighted by Gasteiger charge is -2.20. The Labute approximate surface area is 165 Å². The number of aryl methyl sites for hydroxylation is 1. The number of benzene rings is 1. The van der Waals surface area contributed by atoms with Gasteiger partial charge in [0.25, 0.3) is 0 Å². The van der Waals surface area contributed by atoms with Crippen molar-refractivity contribution in [3.8, 4) is 22.7 Å². The summed E-state index contributed by atoms with van der Waals surface area (Å²) in [5, 5.41) is 4.61. The van der Waals surface area contributed by atoms with Gasteiger partial charge in [-0.25, -0.2) is 9.48 Å². The minimum Gasteiger partial charge on any atom is -0.496 e. The summed E-state index contributed by atoms with van der Waals surface area (Å²) >= 11 is 3.57. The molecule has 1 aliphatic rings. The summed E-state index contributed by atoms with van der Waals surface area (Å²) < 4.78 is 13.3. The van der Waals surface area contributed by atoms with E-state index in [2.05, 4.69) is 26.0 Å². The first-order chi connectivity index (χ1) is 13.1. The first-order valence-corrected chi connectivity index (χ1v) is 9.49. The molecule has 0 fully saturated rings. The molecule has 0 atom stereocenters. The lowest BCUT2D eigenvalue weighted by Crippen LogP contribution is -2.11. The number of hydrogen-bond donors (Lipinski definition) is 0. The maximum absolute atomic E-state index is 12.5. The van der Waals surface area contributed by atoms with Gasteiger partial charge in [-0.3, -0.25) is 4.98 Å². The SMILES string of the molecule is CCOC(=O)c1nn(-c2cccnc2)c2c1CCc1cc(OC)c(Br)cc1-2. The Morgan fingerprint density at radius 3 is 2.89 bits per heavy atom. The van der Waals surface area contributed by atoms with Gasteiger partial charge in [-0.05, 0) is 65.5 Å². The molecule has 0 bridgehead atoms. The second kappa shape index (κ2) is 7.15. The number of pyridine rings is 1. The van der Waals surface area contributed by atoms with Crippen LogP contribution in [0.5, 0.6) is 5.75 Å². The third kappa shape index (κ3) is 3.02. The van der Waals surface area contributed by atoms with Crippen molar-refractivity contribution in [1.29, 1.82) is 0 Å². The Kier molecular flexibility index (Phi) is 4.70. The van der Waals surface area contributed by atoms with E-state index in [1.165, 1.54) is 0 Å². The van der Waals surface area contributed by atoms with Crippen LogP contribution in [0, 0.1) is 0 Å². The Hall–Kier alpha value is -2.67. The van der Waals surface area contributed by atoms with E-state index in [9.17, 15) is 4.79 Å². The highest BCUT2D eigenvalue weighted by atomic mass is 79.9. The predicted molar refractivity (Wildman–Crippen MR) is 104 cm³/mol. The number of ether oxygens (including phenoxy) is 2. The fourth-order valence-corrected chi connectivity index (χ4v) is 3.94. The third-order valence-corrected chi connectivity index (χ3v) is 5.24. The minimum absolute atomic E-state index is 0.312. The van der Waals surface area contributed by atoms with E-state index in [1.807, 2.05) is 24.3 Å². The summed E-state index contributed by atoms with van der Waals surface area (Å²) in [6.45, 7) is 2.11. The average molecular weight is 428 g/mol. The van der Waals surface area contributed by atoms with Crippen molar-refractivity contribution in [3.05, 3.63) is 58.0 Å². The molecule has 0 unspecified atom stereocenters. The molecule has 0 spiro atoms. The lowest BCUT2D eigenvalue weighted by atomic mass is 9.88. The standard InChI is InChI=1S/C20H18BrN3O3/c1-3-27-20(25)18-14-7-6-12-9-17(26-2)16(21)10-15(12)19(14)24(23-18)13-5-4-8-22-11-13/h4-5,8-11H,3,6-7H2,1-2H3. The number of hydrogen-bond acceptors (Lipinski definition) is 5. The van der Waals surface area contributed by atoms with E-state index in [0.29, 0.717) is 18.7 Å². The topological polar surface area (TPSA) is 66.2 Å². The fourth-order valence-electron chi connectivity index (χ4n) is 3.43. The maximum atomic E-state index is 12.5. The maximum Gasteiger partial charge on any atom is 0.359 e. The zero-order valence-electron chi connectivity index (χ0n) is 15.0. The first kappa shape index (κ1) is 17.7. The Morgan fingerprint density at radius 1 is 1.33 bits per heavy atom. The van der Waals surface area contributed by atoms with Crippen molar-refractivity contribution in [2.75, 3.05) is 13.7 Å². The van der Waals surface area contributed by atoms with Crippen LogP contribution in [0.4, 0.5) is 0 Å². The second-order valence-corrected chi connectivity index (χ2v) is 7.02. The van der Waals surface area contributed by atoms with E-state index >= 15 is 0 Å². The largest absolute Gasteiger partial charge is 0.496 e. The highest BCUT2D eigenvalue weighted by molar-refractivity contribution is 9.10. The van der Waals surface area contributed by atoms with Gasteiger partial charge in [0.15, 0.2) is 5.69 Å². The second-order valence-electron chi connectivity index (χ2n) is 6.16. The smallest absolute Gasteiger partial charge is 0.359 e. The number of rotatable bonds is 4. The number of esters is 1. The van der Waals surface area contributed by atoms with Gasteiger partial charge < -0.3 is 9.47 Å². The predicted octanol–water partition coefficient (Wildman–Crippen LogP) is 3.98. The van der Waals surface area contributed by atoms with Crippen molar-refractivity contribution < 1.29 is 14.3 Å². The molecule has 6 nitrogen and oxygen atoms in total. The van der Waals surface area contributed by atoms with Crippen LogP contribution in [0.2, 0.25) is 0 Å². The number of carbonyl (C=O) groups is 1. The van der Waals surface area contributed by atoms with Gasteiger partial charge in [-0.2, -0.15) is 5.10 Å². The molecular formula is C20H18BrN3O3. The number of methoxy groups -OCH3 is 1. The quantitative estimate of drug-likeness (QED) is 0.589. The van der Waals surface area contributed by atoms with Crippen LogP contribution in [-0.4, -0.2) is 34.5 Å². The number of fused-ring (bicyclic) bond motifs is 3. The third-order valence-electron chi connectivity index (χ3n) is 4.62. The average Bonchev–Trinajstić information content (AvgIpc) is 3.08. The summed E-state index contributed by atoms with van der Waals surface area (Å²) in [4.78, 5) is 16.7. The molecule has 4 rings (SSSR count). The van der Waals surface area contributed by atoms with Crippen LogP contribution in [0.25, 0.3) is 16.9 Å². The molecule has 0 aliphatic heterocycles. The molecule has 0 saturated heterocycles. The number of nitrogens with zero attached hydrogens (tertiary/aromatic N) is 3. The van der Waals surface area contributed by atoms with Crippen molar-refractivity contribution >= 4 is 21.9 Å². The molecule has 27 heavy (non-hydrogen) atoms. The van der Waals surface area contributed by atoms with E-state index in [0.717, 1.165) is 44.7 Å². The summed E-state index contributed by atoms with van der Waals surface area (Å²) in [5.74, 6) is 0.391. The zero-order chi connectivity index (χ0) is 19.0. The molecule has 3 aromatic rings. The number of aromatic nitrogens is 3. The molecule has 1 aromatic carbocycles.